The lowest BCUT2D eigenvalue weighted by molar-refractivity contribution is -0.381. The molecule has 0 unspecified atom stereocenters. The van der Waals surface area contributed by atoms with Crippen molar-refractivity contribution in [1.82, 2.24) is 15.3 Å². The molecule has 0 aliphatic rings. The summed E-state index contributed by atoms with van der Waals surface area (Å²) in [5.41, 5.74) is 0.503. The number of sulfone groups is 1. The van der Waals surface area contributed by atoms with Crippen LogP contribution in [0.5, 0.6) is 5.75 Å². The Kier molecular flexibility index (Phi) is 9.56. The number of anilines is 1. The highest BCUT2D eigenvalue weighted by Gasteiger charge is 2.27. The molecule has 2 N–H and O–H groups in total. The van der Waals surface area contributed by atoms with Crippen molar-refractivity contribution in [2.45, 2.75) is 32.1 Å². The number of nitrogens with zero attached hydrogens (tertiary/aromatic N) is 3. The van der Waals surface area contributed by atoms with E-state index >= 15 is 0 Å². The van der Waals surface area contributed by atoms with Crippen LogP contribution >= 0.6 is 11.3 Å². The average molecular weight is 562 g/mol. The van der Waals surface area contributed by atoms with Gasteiger partial charge in [-0.25, -0.2) is 13.4 Å². The van der Waals surface area contributed by atoms with Crippen molar-refractivity contribution in [2.75, 3.05) is 11.1 Å². The van der Waals surface area contributed by atoms with Crippen LogP contribution in [-0.4, -0.2) is 46.8 Å². The minimum absolute atomic E-state index is 0.0661. The Labute approximate surface area is 221 Å². The molecule has 38 heavy (non-hydrogen) atoms. The van der Waals surface area contributed by atoms with E-state index in [1.807, 2.05) is 0 Å². The number of ether oxygens (including phenoxy) is 1. The predicted octanol–water partition coefficient (Wildman–Crippen LogP) is 2.64. The third kappa shape index (κ3) is 8.14. The number of esters is 1. The van der Waals surface area contributed by atoms with E-state index < -0.39 is 37.4 Å². The van der Waals surface area contributed by atoms with Crippen LogP contribution < -0.4 is 15.4 Å². The van der Waals surface area contributed by atoms with E-state index in [-0.39, 0.29) is 53.2 Å². The van der Waals surface area contributed by atoms with Crippen molar-refractivity contribution in [3.05, 3.63) is 75.7 Å². The summed E-state index contributed by atoms with van der Waals surface area (Å²) in [5, 5.41) is 15.7. The van der Waals surface area contributed by atoms with Gasteiger partial charge in [-0.15, -0.1) is 0 Å². The molecule has 2 aromatic heterocycles. The SMILES string of the molecule is CCS(=O)(=O)Cc1nc(NC(=O)c2ccccc2OC(=O)CCC(=O)NCc2ccncc2)sc1[N+](=O)[O-]. The van der Waals surface area contributed by atoms with Crippen LogP contribution in [0.2, 0.25) is 0 Å². The first-order chi connectivity index (χ1) is 18.1. The molecule has 15 heteroatoms. The Bertz CT molecular complexity index is 1440. The fourth-order valence-corrected chi connectivity index (χ4v) is 4.74. The zero-order chi connectivity index (χ0) is 27.7. The van der Waals surface area contributed by atoms with E-state index in [2.05, 4.69) is 20.6 Å². The fraction of sp³-hybridized carbons (Fsp3) is 0.261. The maximum absolute atomic E-state index is 12.8. The molecule has 0 atom stereocenters. The number of rotatable bonds is 12. The van der Waals surface area contributed by atoms with Gasteiger partial charge in [0.15, 0.2) is 15.0 Å². The van der Waals surface area contributed by atoms with Crippen LogP contribution in [0.25, 0.3) is 0 Å². The number of thiazole rings is 1. The number of para-hydroxylation sites is 1. The van der Waals surface area contributed by atoms with Crippen LogP contribution in [0.4, 0.5) is 10.1 Å². The molecule has 2 heterocycles. The molecule has 0 radical (unpaired) electrons. The minimum atomic E-state index is -3.61. The summed E-state index contributed by atoms with van der Waals surface area (Å²) in [4.78, 5) is 55.6. The molecule has 3 aromatic rings. The number of amides is 2. The molecule has 0 bridgehead atoms. The highest BCUT2D eigenvalue weighted by molar-refractivity contribution is 7.90. The highest BCUT2D eigenvalue weighted by atomic mass is 32.2. The molecule has 0 fully saturated rings. The molecular formula is C23H23N5O8S2. The van der Waals surface area contributed by atoms with Gasteiger partial charge in [0.1, 0.15) is 17.2 Å². The Morgan fingerprint density at radius 3 is 2.50 bits per heavy atom. The summed E-state index contributed by atoms with van der Waals surface area (Å²) < 4.78 is 29.1. The van der Waals surface area contributed by atoms with Gasteiger partial charge in [0.2, 0.25) is 5.91 Å². The molecule has 0 aliphatic heterocycles. The summed E-state index contributed by atoms with van der Waals surface area (Å²) in [6, 6.07) is 9.28. The van der Waals surface area contributed by atoms with E-state index in [9.17, 15) is 32.9 Å². The topological polar surface area (TPSA) is 188 Å². The molecular weight excluding hydrogens is 538 g/mol. The summed E-state index contributed by atoms with van der Waals surface area (Å²) in [6.07, 6.45) is 2.81. The summed E-state index contributed by atoms with van der Waals surface area (Å²) in [5.74, 6) is -2.85. The van der Waals surface area contributed by atoms with Crippen molar-refractivity contribution in [1.29, 1.82) is 0 Å². The third-order valence-electron chi connectivity index (χ3n) is 5.01. The van der Waals surface area contributed by atoms with Crippen molar-refractivity contribution < 1.29 is 32.5 Å². The average Bonchev–Trinajstić information content (AvgIpc) is 3.28. The maximum Gasteiger partial charge on any atom is 0.349 e. The van der Waals surface area contributed by atoms with Gasteiger partial charge in [-0.1, -0.05) is 19.1 Å². The Morgan fingerprint density at radius 1 is 1.11 bits per heavy atom. The number of nitro groups is 1. The largest absolute Gasteiger partial charge is 0.426 e. The molecule has 200 valence electrons. The van der Waals surface area contributed by atoms with Gasteiger partial charge in [0, 0.05) is 31.1 Å². The standard InChI is InChI=1S/C23H23N5O8S2/c1-2-38(34,35)14-17-22(28(32)33)37-23(26-17)27-21(31)16-5-3-4-6-18(16)36-20(30)8-7-19(29)25-13-15-9-11-24-12-10-15/h3-6,9-12H,2,7-8,13-14H2,1H3,(H,25,29)(H,26,27,31). The van der Waals surface area contributed by atoms with E-state index in [0.29, 0.717) is 11.3 Å². The molecule has 2 amide bonds. The van der Waals surface area contributed by atoms with Gasteiger partial charge in [0.05, 0.1) is 16.9 Å². The lowest BCUT2D eigenvalue weighted by Crippen LogP contribution is -2.24. The quantitative estimate of drug-likeness (QED) is 0.144. The molecule has 0 saturated carbocycles. The summed E-state index contributed by atoms with van der Waals surface area (Å²) >= 11 is 0.514. The molecule has 0 aliphatic carbocycles. The lowest BCUT2D eigenvalue weighted by Gasteiger charge is -2.10. The first-order valence-electron chi connectivity index (χ1n) is 11.2. The number of hydrogen-bond acceptors (Lipinski definition) is 11. The van der Waals surface area contributed by atoms with Crippen LogP contribution in [0.1, 0.15) is 41.4 Å². The zero-order valence-corrected chi connectivity index (χ0v) is 21.7. The maximum atomic E-state index is 12.8. The van der Waals surface area contributed by atoms with Gasteiger partial charge < -0.3 is 10.1 Å². The Hall–Kier alpha value is -4.24. The summed E-state index contributed by atoms with van der Waals surface area (Å²) in [7, 11) is -3.61. The van der Waals surface area contributed by atoms with Crippen LogP contribution in [0, 0.1) is 10.1 Å². The number of nitrogens with one attached hydrogen (secondary N) is 2. The summed E-state index contributed by atoms with van der Waals surface area (Å²) in [6.45, 7) is 1.68. The minimum Gasteiger partial charge on any atom is -0.426 e. The number of aromatic nitrogens is 2. The molecule has 0 saturated heterocycles. The second-order valence-corrected chi connectivity index (χ2v) is 11.1. The monoisotopic (exact) mass is 561 g/mol. The van der Waals surface area contributed by atoms with Crippen molar-refractivity contribution in [3.8, 4) is 5.75 Å². The lowest BCUT2D eigenvalue weighted by atomic mass is 10.2. The van der Waals surface area contributed by atoms with Gasteiger partial charge >= 0.3 is 11.0 Å². The molecule has 13 nitrogen and oxygen atoms in total. The van der Waals surface area contributed by atoms with Crippen LogP contribution in [0.15, 0.2) is 48.8 Å². The first-order valence-corrected chi connectivity index (χ1v) is 13.8. The van der Waals surface area contributed by atoms with Gasteiger partial charge in [-0.05, 0) is 41.2 Å². The number of hydrogen-bond donors (Lipinski definition) is 2. The second-order valence-electron chi connectivity index (χ2n) is 7.76. The fourth-order valence-electron chi connectivity index (χ4n) is 3.03. The van der Waals surface area contributed by atoms with E-state index in [1.54, 1.807) is 24.5 Å². The van der Waals surface area contributed by atoms with Gasteiger partial charge in [-0.2, -0.15) is 0 Å². The van der Waals surface area contributed by atoms with E-state index in [1.165, 1.54) is 31.2 Å². The van der Waals surface area contributed by atoms with Crippen LogP contribution in [0.3, 0.4) is 0 Å². The number of carbonyl (C=O) groups is 3. The highest BCUT2D eigenvalue weighted by Crippen LogP contribution is 2.32. The number of pyridine rings is 1. The Balaban J connectivity index is 1.62. The van der Waals surface area contributed by atoms with Gasteiger partial charge in [-0.3, -0.25) is 34.8 Å². The van der Waals surface area contributed by atoms with Crippen molar-refractivity contribution >= 4 is 49.1 Å². The molecule has 1 aromatic carbocycles. The second kappa shape index (κ2) is 12.8. The van der Waals surface area contributed by atoms with Crippen molar-refractivity contribution in [2.24, 2.45) is 0 Å². The van der Waals surface area contributed by atoms with Crippen LogP contribution in [-0.2, 0) is 31.7 Å². The predicted molar refractivity (Wildman–Crippen MR) is 137 cm³/mol. The number of carbonyl (C=O) groups excluding carboxylic acids is 3. The Morgan fingerprint density at radius 2 is 1.82 bits per heavy atom. The van der Waals surface area contributed by atoms with E-state index in [0.717, 1.165) is 5.56 Å². The number of benzene rings is 1. The zero-order valence-electron chi connectivity index (χ0n) is 20.1. The smallest absolute Gasteiger partial charge is 0.349 e. The molecule has 0 spiro atoms. The molecule has 3 rings (SSSR count). The normalized spacial score (nSPS) is 11.0. The first kappa shape index (κ1) is 28.3. The van der Waals surface area contributed by atoms with E-state index in [4.69, 9.17) is 4.74 Å². The third-order valence-corrected chi connectivity index (χ3v) is 7.57. The van der Waals surface area contributed by atoms with Gasteiger partial charge in [0.25, 0.3) is 5.91 Å². The van der Waals surface area contributed by atoms with Crippen molar-refractivity contribution in [3.63, 3.8) is 0 Å².